The minimum absolute atomic E-state index is 0.221. The number of aromatic nitrogens is 2. The lowest BCUT2D eigenvalue weighted by Crippen LogP contribution is -2.40. The van der Waals surface area contributed by atoms with Gasteiger partial charge in [0.2, 0.25) is 0 Å². The first-order chi connectivity index (χ1) is 9.62. The summed E-state index contributed by atoms with van der Waals surface area (Å²) < 4.78 is 6.11. The fourth-order valence-electron chi connectivity index (χ4n) is 3.07. The molecule has 0 N–H and O–H groups in total. The molecular weight excluding hydrogens is 250 g/mol. The summed E-state index contributed by atoms with van der Waals surface area (Å²) in [5, 5.41) is 0. The molecule has 2 aliphatic rings. The zero-order valence-electron chi connectivity index (χ0n) is 12.9. The van der Waals surface area contributed by atoms with Crippen molar-refractivity contribution in [2.45, 2.75) is 58.7 Å². The summed E-state index contributed by atoms with van der Waals surface area (Å²) in [4.78, 5) is 11.9. The third kappa shape index (κ3) is 2.47. The first-order valence-corrected chi connectivity index (χ1v) is 7.85. The highest BCUT2D eigenvalue weighted by molar-refractivity contribution is 5.32. The molecule has 0 radical (unpaired) electrons. The minimum atomic E-state index is -0.221. The molecule has 0 bridgehead atoms. The van der Waals surface area contributed by atoms with E-state index in [-0.39, 0.29) is 5.60 Å². The number of likely N-dealkylation sites (tertiary alicyclic amines) is 1. The first-order valence-electron chi connectivity index (χ1n) is 7.85. The van der Waals surface area contributed by atoms with Gasteiger partial charge >= 0.3 is 0 Å². The molecule has 3 rings (SSSR count). The molecule has 0 amide bonds. The Morgan fingerprint density at radius 3 is 2.75 bits per heavy atom. The lowest BCUT2D eigenvalue weighted by atomic mass is 9.94. The van der Waals surface area contributed by atoms with Crippen LogP contribution >= 0.6 is 0 Å². The minimum Gasteiger partial charge on any atom is -0.364 e. The summed E-state index contributed by atoms with van der Waals surface area (Å²) in [6.07, 6.45) is 4.41. The van der Waals surface area contributed by atoms with Crippen LogP contribution in [0.4, 0.5) is 0 Å². The van der Waals surface area contributed by atoms with Crippen molar-refractivity contribution >= 4 is 0 Å². The molecule has 1 atom stereocenters. The molecule has 4 heteroatoms. The highest BCUT2D eigenvalue weighted by Gasteiger charge is 2.39. The Morgan fingerprint density at radius 1 is 1.30 bits per heavy atom. The molecule has 1 saturated heterocycles. The topological polar surface area (TPSA) is 38.2 Å². The molecule has 3 heterocycles. The molecule has 1 aromatic rings. The van der Waals surface area contributed by atoms with Crippen molar-refractivity contribution in [1.82, 2.24) is 14.9 Å². The van der Waals surface area contributed by atoms with Gasteiger partial charge in [0.15, 0.2) is 0 Å². The van der Waals surface area contributed by atoms with E-state index in [2.05, 4.69) is 30.7 Å². The van der Waals surface area contributed by atoms with E-state index in [9.17, 15) is 0 Å². The van der Waals surface area contributed by atoms with Crippen LogP contribution in [-0.2, 0) is 23.4 Å². The van der Waals surface area contributed by atoms with Crippen molar-refractivity contribution in [2.24, 2.45) is 0 Å². The third-order valence-electron chi connectivity index (χ3n) is 4.62. The van der Waals surface area contributed by atoms with Gasteiger partial charge in [-0.15, -0.1) is 0 Å². The number of aryl methyl sites for hydroxylation is 2. The summed E-state index contributed by atoms with van der Waals surface area (Å²) in [5.74, 6) is 0.976. The SMILES string of the molecule is CCCc1nc(C)c2c(n1)C(C)(CCN1CCC1)OC2. The second-order valence-electron chi connectivity index (χ2n) is 6.27. The Kier molecular flexibility index (Phi) is 3.78. The normalized spacial score (nSPS) is 25.6. The second kappa shape index (κ2) is 5.41. The Morgan fingerprint density at radius 2 is 2.10 bits per heavy atom. The van der Waals surface area contributed by atoms with Gasteiger partial charge in [-0.05, 0) is 46.2 Å². The number of ether oxygens (including phenoxy) is 1. The van der Waals surface area contributed by atoms with E-state index in [4.69, 9.17) is 9.72 Å². The van der Waals surface area contributed by atoms with E-state index in [1.54, 1.807) is 0 Å². The van der Waals surface area contributed by atoms with Crippen molar-refractivity contribution in [3.8, 4) is 0 Å². The smallest absolute Gasteiger partial charge is 0.128 e. The number of hydrogen-bond donors (Lipinski definition) is 0. The lowest BCUT2D eigenvalue weighted by molar-refractivity contribution is -0.0406. The van der Waals surface area contributed by atoms with Crippen LogP contribution in [0.5, 0.6) is 0 Å². The summed E-state index contributed by atoms with van der Waals surface area (Å²) in [6, 6.07) is 0. The highest BCUT2D eigenvalue weighted by atomic mass is 16.5. The third-order valence-corrected chi connectivity index (χ3v) is 4.62. The second-order valence-corrected chi connectivity index (χ2v) is 6.27. The zero-order chi connectivity index (χ0) is 14.2. The standard InChI is InChI=1S/C16H25N3O/c1-4-6-14-17-12(2)13-11-20-16(3,15(13)18-14)7-10-19-8-5-9-19/h4-11H2,1-3H3. The van der Waals surface area contributed by atoms with Gasteiger partial charge in [-0.2, -0.15) is 0 Å². The molecule has 0 aliphatic carbocycles. The Bertz CT molecular complexity index is 499. The van der Waals surface area contributed by atoms with E-state index in [0.717, 1.165) is 43.0 Å². The van der Waals surface area contributed by atoms with Crippen molar-refractivity contribution < 1.29 is 4.74 Å². The molecule has 1 fully saturated rings. The molecule has 0 spiro atoms. The van der Waals surface area contributed by atoms with Gasteiger partial charge in [0.05, 0.1) is 12.3 Å². The fraction of sp³-hybridized carbons (Fsp3) is 0.750. The lowest BCUT2D eigenvalue weighted by Gasteiger charge is -2.34. The Balaban J connectivity index is 1.82. The molecule has 1 unspecified atom stereocenters. The summed E-state index contributed by atoms with van der Waals surface area (Å²) >= 11 is 0. The van der Waals surface area contributed by atoms with Gasteiger partial charge in [-0.3, -0.25) is 0 Å². The molecule has 0 saturated carbocycles. The largest absolute Gasteiger partial charge is 0.364 e. The van der Waals surface area contributed by atoms with Crippen LogP contribution in [0, 0.1) is 6.92 Å². The number of nitrogens with zero attached hydrogens (tertiary/aromatic N) is 3. The van der Waals surface area contributed by atoms with Gasteiger partial charge in [-0.25, -0.2) is 9.97 Å². The molecular formula is C16H25N3O. The molecule has 4 nitrogen and oxygen atoms in total. The van der Waals surface area contributed by atoms with Crippen LogP contribution in [0.2, 0.25) is 0 Å². The summed E-state index contributed by atoms with van der Waals surface area (Å²) in [7, 11) is 0. The van der Waals surface area contributed by atoms with E-state index >= 15 is 0 Å². The predicted octanol–water partition coefficient (Wildman–Crippen LogP) is 2.58. The van der Waals surface area contributed by atoms with Crippen molar-refractivity contribution in [3.63, 3.8) is 0 Å². The van der Waals surface area contributed by atoms with Gasteiger partial charge in [0, 0.05) is 24.2 Å². The van der Waals surface area contributed by atoms with Crippen molar-refractivity contribution in [1.29, 1.82) is 0 Å². The maximum Gasteiger partial charge on any atom is 0.128 e. The maximum atomic E-state index is 6.11. The van der Waals surface area contributed by atoms with Crippen molar-refractivity contribution in [2.75, 3.05) is 19.6 Å². The number of hydrogen-bond acceptors (Lipinski definition) is 4. The van der Waals surface area contributed by atoms with Crippen LogP contribution in [0.1, 0.15) is 55.9 Å². The van der Waals surface area contributed by atoms with E-state index in [1.165, 1.54) is 25.1 Å². The average Bonchev–Trinajstić information content (AvgIpc) is 2.67. The molecule has 2 aliphatic heterocycles. The molecule has 110 valence electrons. The maximum absolute atomic E-state index is 6.11. The van der Waals surface area contributed by atoms with E-state index in [0.29, 0.717) is 6.61 Å². The van der Waals surface area contributed by atoms with Crippen LogP contribution in [-0.4, -0.2) is 34.5 Å². The molecule has 1 aromatic heterocycles. The number of fused-ring (bicyclic) bond motifs is 1. The van der Waals surface area contributed by atoms with E-state index in [1.807, 2.05) is 0 Å². The van der Waals surface area contributed by atoms with Gasteiger partial charge in [0.1, 0.15) is 11.4 Å². The van der Waals surface area contributed by atoms with Crippen LogP contribution in [0.3, 0.4) is 0 Å². The summed E-state index contributed by atoms with van der Waals surface area (Å²) in [6.45, 7) is 10.7. The Labute approximate surface area is 121 Å². The molecule has 20 heavy (non-hydrogen) atoms. The Hall–Kier alpha value is -1.00. The van der Waals surface area contributed by atoms with Crippen LogP contribution in [0.25, 0.3) is 0 Å². The van der Waals surface area contributed by atoms with Crippen LogP contribution in [0.15, 0.2) is 0 Å². The predicted molar refractivity (Wildman–Crippen MR) is 78.6 cm³/mol. The van der Waals surface area contributed by atoms with Crippen molar-refractivity contribution in [3.05, 3.63) is 22.8 Å². The highest BCUT2D eigenvalue weighted by Crippen LogP contribution is 2.39. The number of rotatable bonds is 5. The summed E-state index contributed by atoms with van der Waals surface area (Å²) in [5.41, 5.74) is 3.25. The van der Waals surface area contributed by atoms with Gasteiger partial charge in [0.25, 0.3) is 0 Å². The van der Waals surface area contributed by atoms with E-state index < -0.39 is 0 Å². The van der Waals surface area contributed by atoms with Gasteiger partial charge in [-0.1, -0.05) is 6.92 Å². The fourth-order valence-corrected chi connectivity index (χ4v) is 3.07. The van der Waals surface area contributed by atoms with Gasteiger partial charge < -0.3 is 9.64 Å². The average molecular weight is 275 g/mol. The monoisotopic (exact) mass is 275 g/mol. The molecule has 0 aromatic carbocycles. The zero-order valence-corrected chi connectivity index (χ0v) is 12.9. The quantitative estimate of drug-likeness (QED) is 0.828. The van der Waals surface area contributed by atoms with Crippen LogP contribution < -0.4 is 0 Å². The first kappa shape index (κ1) is 14.0.